The lowest BCUT2D eigenvalue weighted by molar-refractivity contribution is -0.101. The van der Waals surface area contributed by atoms with Gasteiger partial charge in [-0.05, 0) is 13.8 Å². The van der Waals surface area contributed by atoms with Gasteiger partial charge in [-0.2, -0.15) is 5.06 Å². The first-order valence-corrected chi connectivity index (χ1v) is 2.71. The first kappa shape index (κ1) is 5.06. The van der Waals surface area contributed by atoms with Crippen molar-refractivity contribution in [3.8, 4) is 0 Å². The summed E-state index contributed by atoms with van der Waals surface area (Å²) < 4.78 is 0. The van der Waals surface area contributed by atoms with Gasteiger partial charge >= 0.3 is 0 Å². The Morgan fingerprint density at radius 1 is 1.43 bits per heavy atom. The second kappa shape index (κ2) is 1.80. The van der Waals surface area contributed by atoms with Gasteiger partial charge in [0.05, 0.1) is 6.10 Å². The highest BCUT2D eigenvalue weighted by atomic mass is 16.7. The van der Waals surface area contributed by atoms with Crippen LogP contribution in [0.2, 0.25) is 0 Å². The van der Waals surface area contributed by atoms with E-state index in [0.717, 1.165) is 13.1 Å². The van der Waals surface area contributed by atoms with Gasteiger partial charge in [-0.1, -0.05) is 0 Å². The molecule has 1 aliphatic heterocycles. The molecule has 2 heteroatoms. The molecule has 1 saturated heterocycles. The topological polar surface area (TPSA) is 12.2 Å². The normalized spacial score (nSPS) is 21.0. The Morgan fingerprint density at radius 3 is 2.14 bits per heavy atom. The van der Waals surface area contributed by atoms with Crippen LogP contribution in [0.5, 0.6) is 0 Å². The molecule has 0 aliphatic carbocycles. The Balaban J connectivity index is 1.97. The third-order valence-electron chi connectivity index (χ3n) is 0.766. The maximum atomic E-state index is 5.19. The van der Waals surface area contributed by atoms with E-state index in [-0.39, 0.29) is 0 Å². The second-order valence-corrected chi connectivity index (χ2v) is 2.08. The molecule has 0 bridgehead atoms. The molecule has 1 aliphatic rings. The highest BCUT2D eigenvalue weighted by Crippen LogP contribution is 2.05. The summed E-state index contributed by atoms with van der Waals surface area (Å²) in [4.78, 5) is 5.19. The SMILES string of the molecule is CC(C)ON1CC1. The molecule has 0 saturated carbocycles. The van der Waals surface area contributed by atoms with E-state index in [1.54, 1.807) is 0 Å². The van der Waals surface area contributed by atoms with Crippen LogP contribution in [0.15, 0.2) is 0 Å². The molecule has 1 heterocycles. The number of hydrogen-bond donors (Lipinski definition) is 0. The van der Waals surface area contributed by atoms with Crippen molar-refractivity contribution in [1.82, 2.24) is 5.06 Å². The van der Waals surface area contributed by atoms with Crippen molar-refractivity contribution in [3.05, 3.63) is 0 Å². The summed E-state index contributed by atoms with van der Waals surface area (Å²) in [7, 11) is 0. The molecular weight excluding hydrogens is 90.1 g/mol. The van der Waals surface area contributed by atoms with Crippen molar-refractivity contribution in [3.63, 3.8) is 0 Å². The van der Waals surface area contributed by atoms with E-state index in [0.29, 0.717) is 6.10 Å². The van der Waals surface area contributed by atoms with Gasteiger partial charge in [0.2, 0.25) is 0 Å². The fraction of sp³-hybridized carbons (Fsp3) is 1.00. The van der Waals surface area contributed by atoms with Crippen molar-refractivity contribution in [2.24, 2.45) is 0 Å². The molecule has 0 amide bonds. The number of nitrogens with zero attached hydrogens (tertiary/aromatic N) is 1. The number of hydroxylamine groups is 2. The molecule has 0 spiro atoms. The Kier molecular flexibility index (Phi) is 1.30. The van der Waals surface area contributed by atoms with Crippen LogP contribution in [-0.4, -0.2) is 24.3 Å². The van der Waals surface area contributed by atoms with Crippen molar-refractivity contribution in [2.45, 2.75) is 20.0 Å². The molecule has 0 aromatic heterocycles. The molecule has 0 radical (unpaired) electrons. The number of rotatable bonds is 2. The lowest BCUT2D eigenvalue weighted by Crippen LogP contribution is -2.07. The zero-order valence-corrected chi connectivity index (χ0v) is 4.85. The molecule has 42 valence electrons. The van der Waals surface area contributed by atoms with E-state index in [4.69, 9.17) is 4.84 Å². The third kappa shape index (κ3) is 1.90. The molecule has 0 N–H and O–H groups in total. The summed E-state index contributed by atoms with van der Waals surface area (Å²) in [5, 5.41) is 1.95. The van der Waals surface area contributed by atoms with Gasteiger partial charge in [0.15, 0.2) is 0 Å². The summed E-state index contributed by atoms with van der Waals surface area (Å²) >= 11 is 0. The predicted molar refractivity (Wildman–Crippen MR) is 27.8 cm³/mol. The maximum absolute atomic E-state index is 5.19. The smallest absolute Gasteiger partial charge is 0.0737 e. The first-order chi connectivity index (χ1) is 3.29. The summed E-state index contributed by atoms with van der Waals surface area (Å²) in [5.41, 5.74) is 0. The zero-order valence-electron chi connectivity index (χ0n) is 4.85. The van der Waals surface area contributed by atoms with Crippen molar-refractivity contribution >= 4 is 0 Å². The lowest BCUT2D eigenvalue weighted by Gasteiger charge is -2.03. The van der Waals surface area contributed by atoms with Crippen LogP contribution in [0.3, 0.4) is 0 Å². The average Bonchev–Trinajstić information content (AvgIpc) is 2.17. The van der Waals surface area contributed by atoms with Crippen molar-refractivity contribution < 1.29 is 4.84 Å². The van der Waals surface area contributed by atoms with Gasteiger partial charge in [0.25, 0.3) is 0 Å². The zero-order chi connectivity index (χ0) is 5.28. The maximum Gasteiger partial charge on any atom is 0.0737 e. The molecule has 2 nitrogen and oxygen atoms in total. The van der Waals surface area contributed by atoms with Gasteiger partial charge in [-0.15, -0.1) is 0 Å². The monoisotopic (exact) mass is 101 g/mol. The van der Waals surface area contributed by atoms with E-state index in [1.807, 2.05) is 18.9 Å². The molecule has 0 atom stereocenters. The van der Waals surface area contributed by atoms with Crippen LogP contribution >= 0.6 is 0 Å². The van der Waals surface area contributed by atoms with Crippen LogP contribution < -0.4 is 0 Å². The minimum atomic E-state index is 0.363. The molecule has 0 aromatic carbocycles. The van der Waals surface area contributed by atoms with E-state index in [9.17, 15) is 0 Å². The molecule has 0 aromatic rings. The largest absolute Gasteiger partial charge is 0.296 e. The van der Waals surface area contributed by atoms with Crippen LogP contribution in [0.25, 0.3) is 0 Å². The average molecular weight is 101 g/mol. The first-order valence-electron chi connectivity index (χ1n) is 2.71. The highest BCUT2D eigenvalue weighted by Gasteiger charge is 2.18. The van der Waals surface area contributed by atoms with Crippen LogP contribution in [0, 0.1) is 0 Å². The van der Waals surface area contributed by atoms with Crippen molar-refractivity contribution in [2.75, 3.05) is 13.1 Å². The van der Waals surface area contributed by atoms with Crippen LogP contribution in [-0.2, 0) is 4.84 Å². The van der Waals surface area contributed by atoms with Gasteiger partial charge in [0, 0.05) is 13.1 Å². The minimum Gasteiger partial charge on any atom is -0.296 e. The van der Waals surface area contributed by atoms with E-state index < -0.39 is 0 Å². The second-order valence-electron chi connectivity index (χ2n) is 2.08. The molecule has 7 heavy (non-hydrogen) atoms. The van der Waals surface area contributed by atoms with E-state index in [1.165, 1.54) is 0 Å². The highest BCUT2D eigenvalue weighted by molar-refractivity contribution is 4.61. The predicted octanol–water partition coefficient (Wildman–Crippen LogP) is 0.642. The summed E-state index contributed by atoms with van der Waals surface area (Å²) in [6, 6.07) is 0. The third-order valence-corrected chi connectivity index (χ3v) is 0.766. The van der Waals surface area contributed by atoms with Crippen LogP contribution in [0.4, 0.5) is 0 Å². The Hall–Kier alpha value is -0.0800. The van der Waals surface area contributed by atoms with Gasteiger partial charge < -0.3 is 0 Å². The quantitative estimate of drug-likeness (QED) is 0.473. The van der Waals surface area contributed by atoms with E-state index in [2.05, 4.69) is 0 Å². The Labute approximate surface area is 44.0 Å². The van der Waals surface area contributed by atoms with Gasteiger partial charge in [-0.25, -0.2) is 0 Å². The molecule has 1 fully saturated rings. The summed E-state index contributed by atoms with van der Waals surface area (Å²) in [6.07, 6.45) is 0.363. The van der Waals surface area contributed by atoms with Crippen LogP contribution in [0.1, 0.15) is 13.8 Å². The standard InChI is InChI=1S/C5H11NO/c1-5(2)7-6-3-4-6/h5H,3-4H2,1-2H3. The molecular formula is C5H11NO. The number of hydrogen-bond acceptors (Lipinski definition) is 2. The fourth-order valence-corrected chi connectivity index (χ4v) is 0.444. The summed E-state index contributed by atoms with van der Waals surface area (Å²) in [5.74, 6) is 0. The Bertz CT molecular complexity index is 59.1. The molecule has 0 unspecified atom stereocenters. The lowest BCUT2D eigenvalue weighted by atomic mass is 10.5. The van der Waals surface area contributed by atoms with Crippen molar-refractivity contribution in [1.29, 1.82) is 0 Å². The van der Waals surface area contributed by atoms with E-state index >= 15 is 0 Å². The van der Waals surface area contributed by atoms with Gasteiger partial charge in [0.1, 0.15) is 0 Å². The fourth-order valence-electron chi connectivity index (χ4n) is 0.444. The Morgan fingerprint density at radius 2 is 2.00 bits per heavy atom. The minimum absolute atomic E-state index is 0.363. The molecule has 1 rings (SSSR count). The van der Waals surface area contributed by atoms with Gasteiger partial charge in [-0.3, -0.25) is 4.84 Å². The summed E-state index contributed by atoms with van der Waals surface area (Å²) in [6.45, 7) is 6.33.